The van der Waals surface area contributed by atoms with E-state index in [4.69, 9.17) is 19.7 Å². The van der Waals surface area contributed by atoms with Crippen LogP contribution in [0.1, 0.15) is 66.6 Å². The van der Waals surface area contributed by atoms with E-state index in [0.29, 0.717) is 5.41 Å². The molecule has 55 heavy (non-hydrogen) atoms. The fraction of sp³-hybridized carbons (Fsp3) is 0.235. The Balaban J connectivity index is 1.03. The van der Waals surface area contributed by atoms with Crippen LogP contribution < -0.4 is 4.74 Å². The maximum absolute atomic E-state index is 6.63. The molecule has 6 aromatic carbocycles. The van der Waals surface area contributed by atoms with Crippen molar-refractivity contribution < 1.29 is 4.74 Å². The van der Waals surface area contributed by atoms with Crippen LogP contribution in [-0.2, 0) is 10.8 Å². The van der Waals surface area contributed by atoms with Gasteiger partial charge in [0.15, 0.2) is 11.6 Å². The van der Waals surface area contributed by atoms with Gasteiger partial charge in [0.2, 0.25) is 0 Å². The third-order valence-corrected chi connectivity index (χ3v) is 15.2. The summed E-state index contributed by atoms with van der Waals surface area (Å²) in [5.74, 6) is 6.99. The molecule has 0 saturated heterocycles. The minimum atomic E-state index is -0.546. The van der Waals surface area contributed by atoms with Crippen LogP contribution in [0, 0.1) is 23.2 Å². The largest absolute Gasteiger partial charge is 0.457 e. The van der Waals surface area contributed by atoms with E-state index in [9.17, 15) is 0 Å². The molecule has 6 aliphatic carbocycles. The van der Waals surface area contributed by atoms with E-state index in [1.54, 1.807) is 0 Å². The first-order valence-corrected chi connectivity index (χ1v) is 20.2. The molecule has 0 radical (unpaired) electrons. The Bertz CT molecular complexity index is 2690. The molecule has 1 aliphatic heterocycles. The number of para-hydroxylation sites is 2. The summed E-state index contributed by atoms with van der Waals surface area (Å²) in [6.07, 6.45) is 7.80. The molecule has 0 N–H and O–H groups in total. The van der Waals surface area contributed by atoms with Crippen molar-refractivity contribution in [1.29, 1.82) is 0 Å². The van der Waals surface area contributed by atoms with E-state index in [2.05, 4.69) is 146 Å². The zero-order valence-electron chi connectivity index (χ0n) is 30.6. The van der Waals surface area contributed by atoms with Crippen molar-refractivity contribution in [2.45, 2.75) is 49.4 Å². The monoisotopic (exact) mass is 709 g/mol. The van der Waals surface area contributed by atoms with Crippen LogP contribution in [0.2, 0.25) is 0 Å². The van der Waals surface area contributed by atoms with Gasteiger partial charge >= 0.3 is 0 Å². The number of rotatable bonds is 4. The predicted octanol–water partition coefficient (Wildman–Crippen LogP) is 11.8. The third kappa shape index (κ3) is 3.85. The molecule has 7 aliphatic rings. The van der Waals surface area contributed by atoms with Gasteiger partial charge in [-0.25, -0.2) is 15.0 Å². The van der Waals surface area contributed by atoms with Crippen molar-refractivity contribution in [2.24, 2.45) is 23.2 Å². The molecule has 5 atom stereocenters. The summed E-state index contributed by atoms with van der Waals surface area (Å²) in [4.78, 5) is 16.5. The summed E-state index contributed by atoms with van der Waals surface area (Å²) in [6.45, 7) is 0. The number of benzene rings is 6. The van der Waals surface area contributed by atoms with E-state index in [0.717, 1.165) is 69.0 Å². The fourth-order valence-corrected chi connectivity index (χ4v) is 12.8. The quantitative estimate of drug-likeness (QED) is 0.183. The standard InChI is InChI=1S/C51H39N3O/c1-2-11-31(12-3-1)32-13-10-14-33(25-32)46-52-47(54-48(53-46)49-23-24-50-35(27-36(50)29-49)28-37(50)30-49)34-21-22-39-38-15-4-5-16-40(38)51(43(39)26-34)41-17-6-8-19-44(41)55-45-20-9-7-18-42(45)51/h1-22,25-26,35-37H,23-24,27-30H2/t35?,36-,37?,49?,50?/m0/s1. The summed E-state index contributed by atoms with van der Waals surface area (Å²) in [5, 5.41) is 0. The number of nitrogens with zero attached hydrogens (tertiary/aromatic N) is 3. The molecule has 14 rings (SSSR count). The van der Waals surface area contributed by atoms with Crippen LogP contribution >= 0.6 is 0 Å². The third-order valence-electron chi connectivity index (χ3n) is 15.2. The second kappa shape index (κ2) is 10.7. The predicted molar refractivity (Wildman–Crippen MR) is 216 cm³/mol. The van der Waals surface area contributed by atoms with E-state index in [1.807, 2.05) is 0 Å². The molecule has 4 unspecified atom stereocenters. The van der Waals surface area contributed by atoms with Crippen LogP contribution in [-0.4, -0.2) is 15.0 Å². The molecule has 264 valence electrons. The van der Waals surface area contributed by atoms with E-state index in [-0.39, 0.29) is 5.41 Å². The topological polar surface area (TPSA) is 47.9 Å². The Labute approximate surface area is 321 Å². The minimum Gasteiger partial charge on any atom is -0.457 e. The molecule has 1 aromatic heterocycles. The second-order valence-corrected chi connectivity index (χ2v) is 17.3. The van der Waals surface area contributed by atoms with Crippen LogP contribution in [0.5, 0.6) is 11.5 Å². The number of aromatic nitrogens is 3. The maximum atomic E-state index is 6.63. The van der Waals surface area contributed by atoms with Crippen molar-refractivity contribution in [1.82, 2.24) is 15.0 Å². The van der Waals surface area contributed by atoms with Gasteiger partial charge in [0.1, 0.15) is 17.3 Å². The van der Waals surface area contributed by atoms with Gasteiger partial charge in [-0.1, -0.05) is 121 Å². The summed E-state index contributed by atoms with van der Waals surface area (Å²) in [7, 11) is 0. The van der Waals surface area contributed by atoms with Gasteiger partial charge in [-0.2, -0.15) is 0 Å². The van der Waals surface area contributed by atoms with Gasteiger partial charge in [-0.3, -0.25) is 0 Å². The lowest BCUT2D eigenvalue weighted by Gasteiger charge is -2.78. The lowest BCUT2D eigenvalue weighted by Crippen LogP contribution is -2.71. The molecule has 4 nitrogen and oxygen atoms in total. The SMILES string of the molecule is c1ccc(-c2cccc(-c3nc(-c4ccc5c(c4)C4(c6ccccc6Oc6ccccc64)c4ccccc4-5)nc(C45CCC67C(CC6C4)C[C@H]7C5)n3)c2)cc1. The highest BCUT2D eigenvalue weighted by Gasteiger charge is 2.73. The van der Waals surface area contributed by atoms with E-state index < -0.39 is 5.41 Å². The zero-order chi connectivity index (χ0) is 35.9. The van der Waals surface area contributed by atoms with Crippen molar-refractivity contribution in [3.8, 4) is 56.5 Å². The van der Waals surface area contributed by atoms with Crippen LogP contribution in [0.25, 0.3) is 45.0 Å². The lowest BCUT2D eigenvalue weighted by molar-refractivity contribution is -0.274. The molecule has 7 aromatic rings. The van der Waals surface area contributed by atoms with E-state index in [1.165, 1.54) is 71.9 Å². The number of hydrogen-bond donors (Lipinski definition) is 0. The Hall–Kier alpha value is -5.87. The molecule has 0 amide bonds. The Kier molecular flexibility index (Phi) is 5.90. The fourth-order valence-electron chi connectivity index (χ4n) is 12.8. The molecule has 2 bridgehead atoms. The first kappa shape index (κ1) is 30.5. The van der Waals surface area contributed by atoms with Gasteiger partial charge in [-0.15, -0.1) is 0 Å². The average Bonchev–Trinajstić information content (AvgIpc) is 3.53. The van der Waals surface area contributed by atoms with Gasteiger partial charge < -0.3 is 4.74 Å². The molecule has 2 spiro atoms. The van der Waals surface area contributed by atoms with Crippen LogP contribution in [0.15, 0.2) is 146 Å². The van der Waals surface area contributed by atoms with Crippen LogP contribution in [0.4, 0.5) is 0 Å². The maximum Gasteiger partial charge on any atom is 0.163 e. The smallest absolute Gasteiger partial charge is 0.163 e. The molecule has 2 heterocycles. The van der Waals surface area contributed by atoms with Gasteiger partial charge in [0.05, 0.1) is 5.41 Å². The molecule has 5 saturated carbocycles. The van der Waals surface area contributed by atoms with Crippen molar-refractivity contribution >= 4 is 0 Å². The number of hydrogen-bond acceptors (Lipinski definition) is 4. The second-order valence-electron chi connectivity index (χ2n) is 17.3. The summed E-state index contributed by atoms with van der Waals surface area (Å²) in [6, 6.07) is 52.4. The molecular formula is C51H39N3O. The summed E-state index contributed by atoms with van der Waals surface area (Å²) in [5.41, 5.74) is 11.9. The summed E-state index contributed by atoms with van der Waals surface area (Å²) >= 11 is 0. The minimum absolute atomic E-state index is 0.0126. The molecule has 5 fully saturated rings. The van der Waals surface area contributed by atoms with Crippen molar-refractivity contribution in [3.63, 3.8) is 0 Å². The molecule has 4 heteroatoms. The Morgan fingerprint density at radius 3 is 1.76 bits per heavy atom. The average molecular weight is 710 g/mol. The van der Waals surface area contributed by atoms with Gasteiger partial charge in [0, 0.05) is 27.7 Å². The Morgan fingerprint density at radius 1 is 0.455 bits per heavy atom. The Morgan fingerprint density at radius 2 is 1.05 bits per heavy atom. The van der Waals surface area contributed by atoms with Crippen molar-refractivity contribution in [3.05, 3.63) is 174 Å². The van der Waals surface area contributed by atoms with E-state index >= 15 is 0 Å². The van der Waals surface area contributed by atoms with Gasteiger partial charge in [-0.05, 0) is 119 Å². The highest BCUT2D eigenvalue weighted by atomic mass is 16.5. The lowest BCUT2D eigenvalue weighted by atomic mass is 9.27. The molecular weight excluding hydrogens is 671 g/mol. The van der Waals surface area contributed by atoms with Crippen LogP contribution in [0.3, 0.4) is 0 Å². The number of fused-ring (bicyclic) bond motifs is 10. The highest BCUT2D eigenvalue weighted by Crippen LogP contribution is 2.80. The zero-order valence-corrected chi connectivity index (χ0v) is 30.6. The normalized spacial score (nSPS) is 26.4. The summed E-state index contributed by atoms with van der Waals surface area (Å²) < 4.78 is 6.63. The van der Waals surface area contributed by atoms with Crippen molar-refractivity contribution in [2.75, 3.05) is 0 Å². The first-order chi connectivity index (χ1) is 27.1. The first-order valence-electron chi connectivity index (χ1n) is 20.2. The number of ether oxygens (including phenoxy) is 1. The van der Waals surface area contributed by atoms with Gasteiger partial charge in [0.25, 0.3) is 0 Å². The highest BCUT2D eigenvalue weighted by molar-refractivity contribution is 5.90.